The molecule has 0 aliphatic rings. The van der Waals surface area contributed by atoms with Crippen LogP contribution in [0.2, 0.25) is 5.15 Å². The molecule has 0 atom stereocenters. The molecule has 1 N–H and O–H groups in total. The predicted molar refractivity (Wildman–Crippen MR) is 79.6 cm³/mol. The molecule has 7 heteroatoms. The molecule has 0 saturated carbocycles. The molecule has 1 aromatic carbocycles. The van der Waals surface area contributed by atoms with E-state index in [9.17, 15) is 14.0 Å². The summed E-state index contributed by atoms with van der Waals surface area (Å²) in [6.07, 6.45) is 1.47. The SMILES string of the molecule is O=C(Nc1cccnc1Cl)c1cc2ccc(F)cc2c(=O)o1. The molecule has 0 bridgehead atoms. The first-order chi connectivity index (χ1) is 10.5. The number of carbonyl (C=O) groups excluding carboxylic acids is 1. The summed E-state index contributed by atoms with van der Waals surface area (Å²) < 4.78 is 18.0. The summed E-state index contributed by atoms with van der Waals surface area (Å²) in [7, 11) is 0. The van der Waals surface area contributed by atoms with Crippen molar-refractivity contribution >= 4 is 34.0 Å². The third-order valence-corrected chi connectivity index (χ3v) is 3.26. The third-order valence-electron chi connectivity index (χ3n) is 2.96. The van der Waals surface area contributed by atoms with Crippen LogP contribution in [0.1, 0.15) is 10.6 Å². The average Bonchev–Trinajstić information content (AvgIpc) is 2.50. The van der Waals surface area contributed by atoms with Gasteiger partial charge in [-0.15, -0.1) is 0 Å². The van der Waals surface area contributed by atoms with Crippen molar-refractivity contribution in [2.45, 2.75) is 0 Å². The van der Waals surface area contributed by atoms with Gasteiger partial charge >= 0.3 is 5.63 Å². The Morgan fingerprint density at radius 1 is 1.27 bits per heavy atom. The first kappa shape index (κ1) is 14.2. The van der Waals surface area contributed by atoms with E-state index in [1.54, 1.807) is 12.1 Å². The van der Waals surface area contributed by atoms with Crippen molar-refractivity contribution in [3.63, 3.8) is 0 Å². The number of rotatable bonds is 2. The molecule has 22 heavy (non-hydrogen) atoms. The molecule has 0 aliphatic heterocycles. The maximum Gasteiger partial charge on any atom is 0.344 e. The van der Waals surface area contributed by atoms with Gasteiger partial charge in [-0.05, 0) is 35.7 Å². The number of halogens is 2. The zero-order chi connectivity index (χ0) is 15.7. The van der Waals surface area contributed by atoms with Crippen LogP contribution >= 0.6 is 11.6 Å². The minimum atomic E-state index is -0.792. The minimum Gasteiger partial charge on any atom is -0.417 e. The van der Waals surface area contributed by atoms with Crippen LogP contribution in [0.15, 0.2) is 51.8 Å². The molecule has 5 nitrogen and oxygen atoms in total. The fourth-order valence-electron chi connectivity index (χ4n) is 1.93. The number of fused-ring (bicyclic) bond motifs is 1. The van der Waals surface area contributed by atoms with Crippen LogP contribution in [0.25, 0.3) is 10.8 Å². The first-order valence-electron chi connectivity index (χ1n) is 6.20. The summed E-state index contributed by atoms with van der Waals surface area (Å²) in [5.41, 5.74) is -0.504. The Morgan fingerprint density at radius 2 is 2.09 bits per heavy atom. The Labute approximate surface area is 128 Å². The maximum atomic E-state index is 13.1. The van der Waals surface area contributed by atoms with Crippen LogP contribution in [0.3, 0.4) is 0 Å². The normalized spacial score (nSPS) is 10.6. The predicted octanol–water partition coefficient (Wildman–Crippen LogP) is 3.23. The van der Waals surface area contributed by atoms with Crippen molar-refractivity contribution in [2.24, 2.45) is 0 Å². The molecular weight excluding hydrogens is 311 g/mol. The molecule has 0 aliphatic carbocycles. The lowest BCUT2D eigenvalue weighted by molar-refractivity contribution is 0.0993. The number of pyridine rings is 1. The third kappa shape index (κ3) is 2.68. The largest absolute Gasteiger partial charge is 0.417 e. The number of anilines is 1. The number of aromatic nitrogens is 1. The summed E-state index contributed by atoms with van der Waals surface area (Å²) in [6, 6.07) is 8.16. The van der Waals surface area contributed by atoms with Gasteiger partial charge in [-0.3, -0.25) is 4.79 Å². The van der Waals surface area contributed by atoms with Crippen molar-refractivity contribution in [1.82, 2.24) is 4.98 Å². The molecule has 0 spiro atoms. The summed E-state index contributed by atoms with van der Waals surface area (Å²) in [5, 5.41) is 3.07. The van der Waals surface area contributed by atoms with E-state index in [0.29, 0.717) is 5.39 Å². The Bertz CT molecular complexity index is 939. The lowest BCUT2D eigenvalue weighted by atomic mass is 10.1. The van der Waals surface area contributed by atoms with Gasteiger partial charge in [-0.1, -0.05) is 17.7 Å². The maximum absolute atomic E-state index is 13.1. The quantitative estimate of drug-likeness (QED) is 0.736. The Balaban J connectivity index is 2.00. The Hall–Kier alpha value is -2.73. The van der Waals surface area contributed by atoms with Gasteiger partial charge in [0.25, 0.3) is 5.91 Å². The van der Waals surface area contributed by atoms with Crippen LogP contribution in [-0.4, -0.2) is 10.9 Å². The van der Waals surface area contributed by atoms with E-state index in [1.165, 1.54) is 24.4 Å². The minimum absolute atomic E-state index is 0.0657. The van der Waals surface area contributed by atoms with Gasteiger partial charge in [0.2, 0.25) is 0 Å². The summed E-state index contributed by atoms with van der Waals surface area (Å²) in [4.78, 5) is 27.8. The van der Waals surface area contributed by atoms with Crippen molar-refractivity contribution in [3.8, 4) is 0 Å². The standard InChI is InChI=1S/C15H8ClFN2O3/c16-13-11(2-1-5-18-13)19-14(20)12-6-8-3-4-9(17)7-10(8)15(21)22-12/h1-7H,(H,19,20). The molecule has 2 heterocycles. The smallest absolute Gasteiger partial charge is 0.344 e. The molecular formula is C15H8ClFN2O3. The Morgan fingerprint density at radius 3 is 2.86 bits per heavy atom. The fourth-order valence-corrected chi connectivity index (χ4v) is 2.10. The zero-order valence-corrected chi connectivity index (χ0v) is 11.7. The molecule has 0 fully saturated rings. The highest BCUT2D eigenvalue weighted by Gasteiger charge is 2.14. The van der Waals surface area contributed by atoms with E-state index < -0.39 is 17.3 Å². The van der Waals surface area contributed by atoms with Gasteiger partial charge in [0.05, 0.1) is 11.1 Å². The van der Waals surface area contributed by atoms with Crippen LogP contribution in [0.4, 0.5) is 10.1 Å². The van der Waals surface area contributed by atoms with E-state index in [0.717, 1.165) is 6.07 Å². The van der Waals surface area contributed by atoms with E-state index in [2.05, 4.69) is 10.3 Å². The van der Waals surface area contributed by atoms with E-state index in [-0.39, 0.29) is 22.0 Å². The van der Waals surface area contributed by atoms with Gasteiger partial charge in [0.1, 0.15) is 5.82 Å². The number of benzene rings is 1. The number of hydrogen-bond donors (Lipinski definition) is 1. The van der Waals surface area contributed by atoms with Crippen molar-refractivity contribution in [3.05, 3.63) is 69.7 Å². The summed E-state index contributed by atoms with van der Waals surface area (Å²) in [6.45, 7) is 0. The summed E-state index contributed by atoms with van der Waals surface area (Å²) >= 11 is 5.84. The fraction of sp³-hybridized carbons (Fsp3) is 0. The average molecular weight is 319 g/mol. The number of nitrogens with zero attached hydrogens (tertiary/aromatic N) is 1. The van der Waals surface area contributed by atoms with Gasteiger partial charge in [-0.25, -0.2) is 14.2 Å². The lowest BCUT2D eigenvalue weighted by Crippen LogP contribution is -2.15. The van der Waals surface area contributed by atoms with Crippen LogP contribution in [0, 0.1) is 5.82 Å². The van der Waals surface area contributed by atoms with Gasteiger partial charge in [0.15, 0.2) is 10.9 Å². The Kier molecular flexibility index (Phi) is 3.60. The van der Waals surface area contributed by atoms with Crippen LogP contribution < -0.4 is 10.9 Å². The molecule has 0 saturated heterocycles. The van der Waals surface area contributed by atoms with Gasteiger partial charge in [-0.2, -0.15) is 0 Å². The van der Waals surface area contributed by atoms with Gasteiger partial charge in [0, 0.05) is 6.20 Å². The molecule has 0 unspecified atom stereocenters. The number of amides is 1. The second kappa shape index (κ2) is 5.57. The molecule has 1 amide bonds. The second-order valence-electron chi connectivity index (χ2n) is 4.43. The molecule has 3 aromatic rings. The lowest BCUT2D eigenvalue weighted by Gasteiger charge is -2.06. The van der Waals surface area contributed by atoms with Gasteiger partial charge < -0.3 is 9.73 Å². The topological polar surface area (TPSA) is 72.2 Å². The van der Waals surface area contributed by atoms with Crippen molar-refractivity contribution in [2.75, 3.05) is 5.32 Å². The van der Waals surface area contributed by atoms with E-state index >= 15 is 0 Å². The number of nitrogens with one attached hydrogen (secondary N) is 1. The molecule has 110 valence electrons. The number of carbonyl (C=O) groups is 1. The van der Waals surface area contributed by atoms with Crippen molar-refractivity contribution in [1.29, 1.82) is 0 Å². The molecule has 0 radical (unpaired) electrons. The van der Waals surface area contributed by atoms with Crippen molar-refractivity contribution < 1.29 is 13.6 Å². The highest BCUT2D eigenvalue weighted by atomic mass is 35.5. The summed E-state index contributed by atoms with van der Waals surface area (Å²) in [5.74, 6) is -1.42. The second-order valence-corrected chi connectivity index (χ2v) is 4.78. The zero-order valence-electron chi connectivity index (χ0n) is 11.0. The monoisotopic (exact) mass is 318 g/mol. The molecule has 3 rings (SSSR count). The van der Waals surface area contributed by atoms with E-state index in [4.69, 9.17) is 16.0 Å². The highest BCUT2D eigenvalue weighted by molar-refractivity contribution is 6.32. The molecule has 2 aromatic heterocycles. The number of hydrogen-bond acceptors (Lipinski definition) is 4. The van der Waals surface area contributed by atoms with Crippen LogP contribution in [-0.2, 0) is 0 Å². The van der Waals surface area contributed by atoms with E-state index in [1.807, 2.05) is 0 Å². The highest BCUT2D eigenvalue weighted by Crippen LogP contribution is 2.19. The van der Waals surface area contributed by atoms with Crippen LogP contribution in [0.5, 0.6) is 0 Å². The first-order valence-corrected chi connectivity index (χ1v) is 6.57.